The molecule has 0 saturated carbocycles. The zero-order valence-electron chi connectivity index (χ0n) is 12.4. The molecule has 3 aromatic rings. The van der Waals surface area contributed by atoms with Gasteiger partial charge >= 0.3 is 5.97 Å². The lowest BCUT2D eigenvalue weighted by Gasteiger charge is -2.04. The minimum absolute atomic E-state index is 0.202. The number of hydrogen-bond acceptors (Lipinski definition) is 4. The summed E-state index contributed by atoms with van der Waals surface area (Å²) >= 11 is 0. The van der Waals surface area contributed by atoms with Crippen LogP contribution in [0, 0.1) is 0 Å². The van der Waals surface area contributed by atoms with E-state index >= 15 is 0 Å². The molecular formula is C16H15N3O4. The number of carboxylic acids is 1. The minimum atomic E-state index is -0.982. The molecule has 2 N–H and O–H groups in total. The first kappa shape index (κ1) is 14.8. The van der Waals surface area contributed by atoms with Crippen LogP contribution in [0.4, 0.5) is 0 Å². The highest BCUT2D eigenvalue weighted by Crippen LogP contribution is 2.17. The van der Waals surface area contributed by atoms with Crippen LogP contribution >= 0.6 is 0 Å². The molecule has 0 fully saturated rings. The summed E-state index contributed by atoms with van der Waals surface area (Å²) in [4.78, 5) is 27.2. The Balaban J connectivity index is 1.71. The third-order valence-electron chi connectivity index (χ3n) is 3.60. The maximum Gasteiger partial charge on any atom is 0.335 e. The number of rotatable bonds is 5. The van der Waals surface area contributed by atoms with Crippen LogP contribution < -0.4 is 5.32 Å². The van der Waals surface area contributed by atoms with Crippen LogP contribution in [0.3, 0.4) is 0 Å². The van der Waals surface area contributed by atoms with Gasteiger partial charge in [0.2, 0.25) is 0 Å². The number of furan rings is 1. The average molecular weight is 313 g/mol. The van der Waals surface area contributed by atoms with E-state index in [2.05, 4.69) is 10.3 Å². The van der Waals surface area contributed by atoms with E-state index in [-0.39, 0.29) is 17.2 Å². The van der Waals surface area contributed by atoms with Crippen molar-refractivity contribution in [2.45, 2.75) is 6.42 Å². The van der Waals surface area contributed by atoms with Gasteiger partial charge in [0.1, 0.15) is 5.82 Å². The minimum Gasteiger partial charge on any atom is -0.478 e. The van der Waals surface area contributed by atoms with Gasteiger partial charge in [-0.2, -0.15) is 0 Å². The summed E-state index contributed by atoms with van der Waals surface area (Å²) in [6.45, 7) is 0.405. The lowest BCUT2D eigenvalue weighted by Crippen LogP contribution is -2.25. The van der Waals surface area contributed by atoms with Gasteiger partial charge in [-0.3, -0.25) is 4.79 Å². The number of carboxylic acid groups (broad SMARTS) is 1. The Labute approximate surface area is 131 Å². The Morgan fingerprint density at radius 1 is 1.35 bits per heavy atom. The first-order valence-electron chi connectivity index (χ1n) is 7.06. The Morgan fingerprint density at radius 3 is 2.87 bits per heavy atom. The molecule has 0 bridgehead atoms. The zero-order valence-corrected chi connectivity index (χ0v) is 12.4. The largest absolute Gasteiger partial charge is 0.478 e. The van der Waals surface area contributed by atoms with E-state index in [1.54, 1.807) is 30.3 Å². The Hall–Kier alpha value is -3.09. The highest BCUT2D eigenvalue weighted by molar-refractivity contribution is 5.92. The van der Waals surface area contributed by atoms with Crippen molar-refractivity contribution >= 4 is 22.9 Å². The summed E-state index contributed by atoms with van der Waals surface area (Å²) in [6.07, 6.45) is 1.97. The summed E-state index contributed by atoms with van der Waals surface area (Å²) in [7, 11) is 1.86. The van der Waals surface area contributed by atoms with Crippen molar-refractivity contribution in [3.05, 3.63) is 53.7 Å². The molecule has 1 amide bonds. The number of fused-ring (bicyclic) bond motifs is 1. The summed E-state index contributed by atoms with van der Waals surface area (Å²) in [6, 6.07) is 8.08. The average Bonchev–Trinajstić information content (AvgIpc) is 3.16. The molecule has 118 valence electrons. The summed E-state index contributed by atoms with van der Waals surface area (Å²) in [5, 5.41) is 11.8. The fraction of sp³-hybridized carbons (Fsp3) is 0.188. The van der Waals surface area contributed by atoms with Crippen molar-refractivity contribution in [1.82, 2.24) is 14.9 Å². The van der Waals surface area contributed by atoms with Crippen LogP contribution in [0.25, 0.3) is 11.0 Å². The zero-order chi connectivity index (χ0) is 16.4. The SMILES string of the molecule is Cn1c(CCNC(=O)c2ccco2)nc2cc(C(=O)O)ccc21. The number of carbonyl (C=O) groups excluding carboxylic acids is 1. The number of aryl methyl sites for hydroxylation is 1. The number of imidazole rings is 1. The molecule has 2 aromatic heterocycles. The van der Waals surface area contributed by atoms with E-state index in [0.717, 1.165) is 11.3 Å². The highest BCUT2D eigenvalue weighted by Gasteiger charge is 2.12. The number of aromatic nitrogens is 2. The lowest BCUT2D eigenvalue weighted by atomic mass is 10.2. The second kappa shape index (κ2) is 5.96. The first-order chi connectivity index (χ1) is 11.1. The Morgan fingerprint density at radius 2 is 2.17 bits per heavy atom. The van der Waals surface area contributed by atoms with Crippen LogP contribution in [-0.2, 0) is 13.5 Å². The summed E-state index contributed by atoms with van der Waals surface area (Å²) in [5.74, 6) is -0.227. The van der Waals surface area contributed by atoms with Crippen LogP contribution in [0.5, 0.6) is 0 Å². The van der Waals surface area contributed by atoms with Crippen molar-refractivity contribution < 1.29 is 19.1 Å². The predicted octanol–water partition coefficient (Wildman–Crippen LogP) is 1.84. The lowest BCUT2D eigenvalue weighted by molar-refractivity contribution is 0.0696. The molecule has 2 heterocycles. The van der Waals surface area contributed by atoms with Crippen molar-refractivity contribution in [2.75, 3.05) is 6.54 Å². The number of carbonyl (C=O) groups is 2. The van der Waals surface area contributed by atoms with Gasteiger partial charge < -0.3 is 19.4 Å². The maximum absolute atomic E-state index is 11.8. The van der Waals surface area contributed by atoms with Crippen molar-refractivity contribution in [3.63, 3.8) is 0 Å². The smallest absolute Gasteiger partial charge is 0.335 e. The number of nitrogens with zero attached hydrogens (tertiary/aromatic N) is 2. The number of aromatic carboxylic acids is 1. The molecule has 0 aliphatic heterocycles. The van der Waals surface area contributed by atoms with Crippen molar-refractivity contribution in [1.29, 1.82) is 0 Å². The molecule has 1 aromatic carbocycles. The molecule has 3 rings (SSSR count). The highest BCUT2D eigenvalue weighted by atomic mass is 16.4. The fourth-order valence-electron chi connectivity index (χ4n) is 2.39. The van der Waals surface area contributed by atoms with Gasteiger partial charge in [0.05, 0.1) is 22.9 Å². The molecule has 7 nitrogen and oxygen atoms in total. The first-order valence-corrected chi connectivity index (χ1v) is 7.06. The second-order valence-corrected chi connectivity index (χ2v) is 5.08. The van der Waals surface area contributed by atoms with Gasteiger partial charge in [-0.1, -0.05) is 0 Å². The van der Waals surface area contributed by atoms with Crippen LogP contribution in [0.15, 0.2) is 41.0 Å². The molecule has 0 unspecified atom stereocenters. The number of hydrogen-bond donors (Lipinski definition) is 2. The number of benzene rings is 1. The molecule has 23 heavy (non-hydrogen) atoms. The molecule has 7 heteroatoms. The predicted molar refractivity (Wildman–Crippen MR) is 82.4 cm³/mol. The van der Waals surface area contributed by atoms with E-state index in [1.807, 2.05) is 11.6 Å². The molecule has 0 aliphatic carbocycles. The molecule has 0 atom stereocenters. The van der Waals surface area contributed by atoms with Gasteiger partial charge in [0.25, 0.3) is 5.91 Å². The molecular weight excluding hydrogens is 298 g/mol. The van der Waals surface area contributed by atoms with Crippen LogP contribution in [0.2, 0.25) is 0 Å². The molecule has 0 spiro atoms. The normalized spacial score (nSPS) is 10.8. The van der Waals surface area contributed by atoms with Crippen molar-refractivity contribution in [2.24, 2.45) is 7.05 Å². The van der Waals surface area contributed by atoms with E-state index in [1.165, 1.54) is 6.26 Å². The Kier molecular flexibility index (Phi) is 3.84. The maximum atomic E-state index is 11.8. The van der Waals surface area contributed by atoms with Crippen LogP contribution in [-0.4, -0.2) is 33.1 Å². The van der Waals surface area contributed by atoms with E-state index in [4.69, 9.17) is 9.52 Å². The quantitative estimate of drug-likeness (QED) is 0.749. The topological polar surface area (TPSA) is 97.4 Å². The monoisotopic (exact) mass is 313 g/mol. The van der Waals surface area contributed by atoms with Gasteiger partial charge in [-0.15, -0.1) is 0 Å². The van der Waals surface area contributed by atoms with Crippen LogP contribution in [0.1, 0.15) is 26.7 Å². The molecule has 0 radical (unpaired) electrons. The standard InChI is InChI=1S/C16H15N3O4/c1-19-12-5-4-10(16(21)22)9-11(12)18-14(19)6-7-17-15(20)13-3-2-8-23-13/h2-5,8-9H,6-7H2,1H3,(H,17,20)(H,21,22). The third-order valence-corrected chi connectivity index (χ3v) is 3.60. The third kappa shape index (κ3) is 2.94. The van der Waals surface area contributed by atoms with Gasteiger partial charge in [-0.25, -0.2) is 9.78 Å². The number of nitrogens with one attached hydrogen (secondary N) is 1. The van der Waals surface area contributed by atoms with E-state index in [9.17, 15) is 9.59 Å². The van der Waals surface area contributed by atoms with Gasteiger partial charge in [-0.05, 0) is 30.3 Å². The van der Waals surface area contributed by atoms with E-state index in [0.29, 0.717) is 18.5 Å². The van der Waals surface area contributed by atoms with Crippen molar-refractivity contribution in [3.8, 4) is 0 Å². The van der Waals surface area contributed by atoms with E-state index < -0.39 is 5.97 Å². The summed E-state index contributed by atoms with van der Waals surface area (Å²) < 4.78 is 6.91. The number of amides is 1. The molecule has 0 aliphatic rings. The second-order valence-electron chi connectivity index (χ2n) is 5.08. The van der Waals surface area contributed by atoms with Gasteiger partial charge in [0.15, 0.2) is 5.76 Å². The fourth-order valence-corrected chi connectivity index (χ4v) is 2.39. The van der Waals surface area contributed by atoms with Gasteiger partial charge in [0, 0.05) is 20.0 Å². The molecule has 0 saturated heterocycles. The Bertz CT molecular complexity index is 865. The summed E-state index contributed by atoms with van der Waals surface area (Å²) in [5.41, 5.74) is 1.68.